The second kappa shape index (κ2) is 3.70. The minimum atomic E-state index is -2.98. The molecule has 0 saturated carbocycles. The highest BCUT2D eigenvalue weighted by Crippen LogP contribution is 2.23. The van der Waals surface area contributed by atoms with Gasteiger partial charge in [0.2, 0.25) is 0 Å². The van der Waals surface area contributed by atoms with Crippen LogP contribution in [0.25, 0.3) is 0 Å². The molecule has 0 amide bonds. The Morgan fingerprint density at radius 3 is 2.75 bits per heavy atom. The molecule has 1 heterocycles. The lowest BCUT2D eigenvalue weighted by Gasteiger charge is -2.25. The van der Waals surface area contributed by atoms with Crippen molar-refractivity contribution in [1.82, 2.24) is 0 Å². The Morgan fingerprint density at radius 1 is 1.50 bits per heavy atom. The molecule has 2 atom stereocenters. The molecule has 1 fully saturated rings. The molecule has 2 unspecified atom stereocenters. The minimum absolute atomic E-state index is 0.00472. The average molecular weight is 195 g/mol. The summed E-state index contributed by atoms with van der Waals surface area (Å²) in [5.41, 5.74) is 5.25. The first-order chi connectivity index (χ1) is 5.55. The zero-order chi connectivity index (χ0) is 9.19. The van der Waals surface area contributed by atoms with Gasteiger partial charge in [-0.1, -0.05) is 0 Å². The Kier molecular flexibility index (Phi) is 3.06. The van der Waals surface area contributed by atoms with E-state index in [1.807, 2.05) is 0 Å². The number of hydrogen-bond acceptors (Lipinski definition) is 3. The maximum atomic E-state index is 13.1. The number of nitrogens with two attached hydrogens (primary N) is 1. The molecular weight excluding hydrogens is 181 g/mol. The molecule has 0 aromatic heterocycles. The van der Waals surface area contributed by atoms with Crippen LogP contribution in [0.3, 0.4) is 0 Å². The van der Waals surface area contributed by atoms with E-state index in [0.29, 0.717) is 13.0 Å². The van der Waals surface area contributed by atoms with E-state index in [2.05, 4.69) is 0 Å². The first kappa shape index (κ1) is 9.92. The molecule has 0 spiro atoms. The topological polar surface area (TPSA) is 60.2 Å². The summed E-state index contributed by atoms with van der Waals surface area (Å²) in [4.78, 5) is 0. The van der Waals surface area contributed by atoms with E-state index >= 15 is 0 Å². The lowest BCUT2D eigenvalue weighted by molar-refractivity contribution is 0.221. The summed E-state index contributed by atoms with van der Waals surface area (Å²) in [5, 5.41) is 0. The molecule has 0 aromatic carbocycles. The molecule has 3 nitrogen and oxygen atoms in total. The highest BCUT2D eigenvalue weighted by Gasteiger charge is 2.32. The van der Waals surface area contributed by atoms with Crippen molar-refractivity contribution in [3.05, 3.63) is 0 Å². The number of alkyl halides is 1. The first-order valence-corrected chi connectivity index (χ1v) is 5.92. The third kappa shape index (κ3) is 2.42. The van der Waals surface area contributed by atoms with Gasteiger partial charge in [0.1, 0.15) is 6.17 Å². The summed E-state index contributed by atoms with van der Waals surface area (Å²) in [7, 11) is -2.98. The zero-order valence-corrected chi connectivity index (χ0v) is 7.69. The van der Waals surface area contributed by atoms with E-state index in [9.17, 15) is 12.8 Å². The van der Waals surface area contributed by atoms with Crippen LogP contribution in [0.2, 0.25) is 0 Å². The normalized spacial score (nSPS) is 34.8. The van der Waals surface area contributed by atoms with Gasteiger partial charge in [-0.3, -0.25) is 0 Å². The molecular formula is C7H14FNO2S. The Morgan fingerprint density at radius 2 is 2.17 bits per heavy atom. The molecule has 5 heteroatoms. The van der Waals surface area contributed by atoms with Crippen LogP contribution < -0.4 is 5.73 Å². The van der Waals surface area contributed by atoms with Crippen LogP contribution in [-0.4, -0.2) is 32.6 Å². The SMILES string of the molecule is NCCC1CS(=O)(=O)CCC1F. The van der Waals surface area contributed by atoms with Crippen LogP contribution in [0.4, 0.5) is 4.39 Å². The molecule has 2 N–H and O–H groups in total. The van der Waals surface area contributed by atoms with Crippen molar-refractivity contribution in [2.45, 2.75) is 19.0 Å². The summed E-state index contributed by atoms with van der Waals surface area (Å²) in [6.45, 7) is 0.362. The molecule has 1 saturated heterocycles. The fourth-order valence-corrected chi connectivity index (χ4v) is 3.30. The Bertz CT molecular complexity index is 240. The van der Waals surface area contributed by atoms with Gasteiger partial charge >= 0.3 is 0 Å². The number of sulfone groups is 1. The number of rotatable bonds is 2. The van der Waals surface area contributed by atoms with Crippen molar-refractivity contribution in [2.24, 2.45) is 11.7 Å². The molecule has 0 aromatic rings. The van der Waals surface area contributed by atoms with Gasteiger partial charge in [0.05, 0.1) is 11.5 Å². The molecule has 0 bridgehead atoms. The lowest BCUT2D eigenvalue weighted by Crippen LogP contribution is -2.35. The third-order valence-corrected chi connectivity index (χ3v) is 4.02. The van der Waals surface area contributed by atoms with Gasteiger partial charge in [-0.2, -0.15) is 0 Å². The van der Waals surface area contributed by atoms with Crippen LogP contribution in [0.1, 0.15) is 12.8 Å². The molecule has 0 radical (unpaired) electrons. The Hall–Kier alpha value is -0.160. The average Bonchev–Trinajstić information content (AvgIpc) is 1.97. The van der Waals surface area contributed by atoms with Gasteiger partial charge in [0.15, 0.2) is 9.84 Å². The second-order valence-corrected chi connectivity index (χ2v) is 5.49. The monoisotopic (exact) mass is 195 g/mol. The van der Waals surface area contributed by atoms with E-state index < -0.39 is 16.0 Å². The zero-order valence-electron chi connectivity index (χ0n) is 6.87. The van der Waals surface area contributed by atoms with Crippen molar-refractivity contribution in [3.8, 4) is 0 Å². The van der Waals surface area contributed by atoms with Gasteiger partial charge < -0.3 is 5.73 Å². The largest absolute Gasteiger partial charge is 0.330 e. The summed E-state index contributed by atoms with van der Waals surface area (Å²) in [6, 6.07) is 0. The summed E-state index contributed by atoms with van der Waals surface area (Å²) >= 11 is 0. The summed E-state index contributed by atoms with van der Waals surface area (Å²) in [5.74, 6) is -0.394. The van der Waals surface area contributed by atoms with Gasteiger partial charge in [-0.25, -0.2) is 12.8 Å². The molecule has 12 heavy (non-hydrogen) atoms. The first-order valence-electron chi connectivity index (χ1n) is 4.10. The molecule has 1 aliphatic rings. The summed E-state index contributed by atoms with van der Waals surface area (Å²) in [6.07, 6.45) is -0.356. The maximum absolute atomic E-state index is 13.1. The molecule has 0 aliphatic carbocycles. The van der Waals surface area contributed by atoms with Crippen molar-refractivity contribution in [1.29, 1.82) is 0 Å². The predicted octanol–water partition coefficient (Wildman–Crippen LogP) is 0.108. The van der Waals surface area contributed by atoms with Crippen LogP contribution in [0.15, 0.2) is 0 Å². The van der Waals surface area contributed by atoms with Crippen LogP contribution in [0, 0.1) is 5.92 Å². The lowest BCUT2D eigenvalue weighted by atomic mass is 10.00. The van der Waals surface area contributed by atoms with E-state index in [4.69, 9.17) is 5.73 Å². The van der Waals surface area contributed by atoms with Crippen molar-refractivity contribution in [3.63, 3.8) is 0 Å². The van der Waals surface area contributed by atoms with Crippen molar-refractivity contribution in [2.75, 3.05) is 18.1 Å². The predicted molar refractivity (Wildman–Crippen MR) is 45.3 cm³/mol. The van der Waals surface area contributed by atoms with Crippen LogP contribution in [0.5, 0.6) is 0 Å². The second-order valence-electron chi connectivity index (χ2n) is 3.26. The van der Waals surface area contributed by atoms with Gasteiger partial charge in [0.25, 0.3) is 0 Å². The molecule has 1 rings (SSSR count). The van der Waals surface area contributed by atoms with E-state index in [1.165, 1.54) is 0 Å². The Labute approximate surface area is 72.1 Å². The highest BCUT2D eigenvalue weighted by atomic mass is 32.2. The number of halogens is 1. The quantitative estimate of drug-likeness (QED) is 0.680. The van der Waals surface area contributed by atoms with Gasteiger partial charge in [-0.15, -0.1) is 0 Å². The molecule has 1 aliphatic heterocycles. The van der Waals surface area contributed by atoms with Gasteiger partial charge in [-0.05, 0) is 19.4 Å². The smallest absolute Gasteiger partial charge is 0.150 e. The number of hydrogen-bond donors (Lipinski definition) is 1. The Balaban J connectivity index is 2.59. The fourth-order valence-electron chi connectivity index (χ4n) is 1.52. The third-order valence-electron chi connectivity index (χ3n) is 2.22. The molecule has 72 valence electrons. The van der Waals surface area contributed by atoms with Crippen LogP contribution >= 0.6 is 0 Å². The van der Waals surface area contributed by atoms with Gasteiger partial charge in [0, 0.05) is 5.92 Å². The van der Waals surface area contributed by atoms with Crippen molar-refractivity contribution < 1.29 is 12.8 Å². The maximum Gasteiger partial charge on any atom is 0.150 e. The van der Waals surface area contributed by atoms with Crippen molar-refractivity contribution >= 4 is 9.84 Å². The van der Waals surface area contributed by atoms with Crippen LogP contribution in [-0.2, 0) is 9.84 Å². The standard InChI is InChI=1S/C7H14FNO2S/c8-7-2-4-12(10,11)5-6(7)1-3-9/h6-7H,1-5,9H2. The summed E-state index contributed by atoms with van der Waals surface area (Å²) < 4.78 is 35.2. The highest BCUT2D eigenvalue weighted by molar-refractivity contribution is 7.91. The minimum Gasteiger partial charge on any atom is -0.330 e. The fraction of sp³-hybridized carbons (Fsp3) is 1.00. The van der Waals surface area contributed by atoms with E-state index in [-0.39, 0.29) is 23.8 Å². The van der Waals surface area contributed by atoms with E-state index in [0.717, 1.165) is 0 Å². The van der Waals surface area contributed by atoms with E-state index in [1.54, 1.807) is 0 Å².